The molecular weight excluding hydrogens is 244 g/mol. The van der Waals surface area contributed by atoms with E-state index in [2.05, 4.69) is 0 Å². The summed E-state index contributed by atoms with van der Waals surface area (Å²) in [7, 11) is 0. The van der Waals surface area contributed by atoms with Crippen molar-refractivity contribution in [3.05, 3.63) is 0 Å². The highest BCUT2D eigenvalue weighted by Crippen LogP contribution is 2.57. The standard InChI is InChI=1S/C15H26O4/c1-14(2,3)19-12(16)11-8-7-10-6-4-5-9-15(10,11)13(17)18/h10-11,13,17-18H,4-9H2,1-3H3. The molecule has 0 radical (unpaired) electrons. The third kappa shape index (κ3) is 2.65. The highest BCUT2D eigenvalue weighted by Gasteiger charge is 2.58. The van der Waals surface area contributed by atoms with Crippen molar-refractivity contribution in [3.63, 3.8) is 0 Å². The van der Waals surface area contributed by atoms with Gasteiger partial charge in [0.05, 0.1) is 5.92 Å². The van der Waals surface area contributed by atoms with Crippen LogP contribution in [0.4, 0.5) is 0 Å². The fraction of sp³-hybridized carbons (Fsp3) is 0.933. The van der Waals surface area contributed by atoms with Gasteiger partial charge in [0, 0.05) is 5.41 Å². The van der Waals surface area contributed by atoms with Crippen LogP contribution in [0, 0.1) is 17.3 Å². The van der Waals surface area contributed by atoms with Gasteiger partial charge in [-0.3, -0.25) is 4.79 Å². The predicted octanol–water partition coefficient (Wildman–Crippen LogP) is 2.23. The fourth-order valence-electron chi connectivity index (χ4n) is 4.03. The lowest BCUT2D eigenvalue weighted by Gasteiger charge is -2.44. The first-order valence-electron chi connectivity index (χ1n) is 7.36. The van der Waals surface area contributed by atoms with Gasteiger partial charge in [0.25, 0.3) is 0 Å². The molecule has 0 spiro atoms. The second-order valence-electron chi connectivity index (χ2n) is 7.09. The molecule has 4 nitrogen and oxygen atoms in total. The van der Waals surface area contributed by atoms with Gasteiger partial charge in [-0.05, 0) is 52.4 Å². The normalized spacial score (nSPS) is 35.3. The molecule has 2 aliphatic rings. The maximum absolute atomic E-state index is 12.4. The molecule has 0 bridgehead atoms. The summed E-state index contributed by atoms with van der Waals surface area (Å²) in [5.41, 5.74) is -1.19. The van der Waals surface area contributed by atoms with Crippen LogP contribution in [0.5, 0.6) is 0 Å². The molecule has 3 atom stereocenters. The van der Waals surface area contributed by atoms with E-state index in [1.54, 1.807) is 0 Å². The second kappa shape index (κ2) is 5.06. The van der Waals surface area contributed by atoms with Gasteiger partial charge in [-0.15, -0.1) is 0 Å². The number of aliphatic hydroxyl groups excluding tert-OH is 1. The lowest BCUT2D eigenvalue weighted by molar-refractivity contribution is -0.200. The third-order valence-electron chi connectivity index (χ3n) is 4.80. The minimum atomic E-state index is -1.42. The predicted molar refractivity (Wildman–Crippen MR) is 71.2 cm³/mol. The molecule has 110 valence electrons. The van der Waals surface area contributed by atoms with Gasteiger partial charge in [-0.1, -0.05) is 12.8 Å². The van der Waals surface area contributed by atoms with Gasteiger partial charge in [0.2, 0.25) is 0 Å². The zero-order chi connectivity index (χ0) is 14.3. The molecule has 0 aromatic rings. The Morgan fingerprint density at radius 2 is 1.89 bits per heavy atom. The van der Waals surface area contributed by atoms with Gasteiger partial charge in [-0.2, -0.15) is 0 Å². The number of fused-ring (bicyclic) bond motifs is 1. The molecular formula is C15H26O4. The zero-order valence-electron chi connectivity index (χ0n) is 12.2. The van der Waals surface area contributed by atoms with E-state index >= 15 is 0 Å². The number of hydrogen-bond acceptors (Lipinski definition) is 4. The SMILES string of the molecule is CC(C)(C)OC(=O)C1CCC2CCCCC21C(O)O. The summed E-state index contributed by atoms with van der Waals surface area (Å²) < 4.78 is 5.48. The zero-order valence-corrected chi connectivity index (χ0v) is 12.2. The number of hydrogen-bond donors (Lipinski definition) is 2. The van der Waals surface area contributed by atoms with E-state index in [9.17, 15) is 15.0 Å². The lowest BCUT2D eigenvalue weighted by atomic mass is 9.63. The van der Waals surface area contributed by atoms with Crippen LogP contribution in [-0.2, 0) is 9.53 Å². The summed E-state index contributed by atoms with van der Waals surface area (Å²) in [4.78, 5) is 12.4. The number of carbonyl (C=O) groups is 1. The lowest BCUT2D eigenvalue weighted by Crippen LogP contribution is -2.48. The Morgan fingerprint density at radius 3 is 2.47 bits per heavy atom. The van der Waals surface area contributed by atoms with Crippen LogP contribution in [0.25, 0.3) is 0 Å². The van der Waals surface area contributed by atoms with Crippen molar-refractivity contribution in [2.24, 2.45) is 17.3 Å². The van der Waals surface area contributed by atoms with Crippen molar-refractivity contribution in [3.8, 4) is 0 Å². The Balaban J connectivity index is 2.22. The van der Waals surface area contributed by atoms with Crippen LogP contribution in [-0.4, -0.2) is 28.1 Å². The first-order chi connectivity index (χ1) is 8.77. The van der Waals surface area contributed by atoms with E-state index in [-0.39, 0.29) is 17.8 Å². The number of aliphatic hydroxyl groups is 2. The molecule has 0 aromatic heterocycles. The summed E-state index contributed by atoms with van der Waals surface area (Å²) in [5, 5.41) is 19.8. The molecule has 2 fully saturated rings. The highest BCUT2D eigenvalue weighted by molar-refractivity contribution is 5.74. The van der Waals surface area contributed by atoms with Gasteiger partial charge < -0.3 is 14.9 Å². The van der Waals surface area contributed by atoms with Crippen molar-refractivity contribution in [2.75, 3.05) is 0 Å². The van der Waals surface area contributed by atoms with E-state index < -0.39 is 17.3 Å². The van der Waals surface area contributed by atoms with E-state index in [1.165, 1.54) is 0 Å². The van der Waals surface area contributed by atoms with Gasteiger partial charge in [0.1, 0.15) is 5.60 Å². The molecule has 0 aliphatic heterocycles. The molecule has 2 N–H and O–H groups in total. The number of ether oxygens (including phenoxy) is 1. The van der Waals surface area contributed by atoms with E-state index in [0.29, 0.717) is 0 Å². The summed E-state index contributed by atoms with van der Waals surface area (Å²) in [6, 6.07) is 0. The topological polar surface area (TPSA) is 66.8 Å². The minimum absolute atomic E-state index is 0.249. The van der Waals surface area contributed by atoms with Gasteiger partial charge >= 0.3 is 5.97 Å². The van der Waals surface area contributed by atoms with Crippen molar-refractivity contribution in [1.82, 2.24) is 0 Å². The fourth-order valence-corrected chi connectivity index (χ4v) is 4.03. The van der Waals surface area contributed by atoms with Crippen LogP contribution in [0.15, 0.2) is 0 Å². The number of carbonyl (C=O) groups excluding carboxylic acids is 1. The highest BCUT2D eigenvalue weighted by atomic mass is 16.6. The van der Waals surface area contributed by atoms with Gasteiger partial charge in [0.15, 0.2) is 6.29 Å². The third-order valence-corrected chi connectivity index (χ3v) is 4.80. The van der Waals surface area contributed by atoms with Crippen LogP contribution in [0.3, 0.4) is 0 Å². The molecule has 19 heavy (non-hydrogen) atoms. The number of esters is 1. The Morgan fingerprint density at radius 1 is 1.21 bits per heavy atom. The Hall–Kier alpha value is -0.610. The molecule has 0 saturated heterocycles. The smallest absolute Gasteiger partial charge is 0.310 e. The second-order valence-corrected chi connectivity index (χ2v) is 7.09. The summed E-state index contributed by atoms with van der Waals surface area (Å²) in [6.45, 7) is 5.54. The van der Waals surface area contributed by atoms with Crippen LogP contribution in [0.2, 0.25) is 0 Å². The first-order valence-corrected chi connectivity index (χ1v) is 7.36. The monoisotopic (exact) mass is 270 g/mol. The molecule has 2 aliphatic carbocycles. The molecule has 0 amide bonds. The molecule has 3 unspecified atom stereocenters. The van der Waals surface area contributed by atoms with E-state index in [4.69, 9.17) is 4.74 Å². The molecule has 2 rings (SSSR count). The molecule has 0 heterocycles. The van der Waals surface area contributed by atoms with Crippen LogP contribution in [0.1, 0.15) is 59.3 Å². The van der Waals surface area contributed by atoms with E-state index in [0.717, 1.165) is 38.5 Å². The van der Waals surface area contributed by atoms with Gasteiger partial charge in [-0.25, -0.2) is 0 Å². The maximum atomic E-state index is 12.4. The molecule has 2 saturated carbocycles. The van der Waals surface area contributed by atoms with Crippen LogP contribution >= 0.6 is 0 Å². The van der Waals surface area contributed by atoms with Crippen molar-refractivity contribution >= 4 is 5.97 Å². The van der Waals surface area contributed by atoms with Crippen molar-refractivity contribution < 1.29 is 19.7 Å². The van der Waals surface area contributed by atoms with E-state index in [1.807, 2.05) is 20.8 Å². The average Bonchev–Trinajstić information content (AvgIpc) is 2.66. The summed E-state index contributed by atoms with van der Waals surface area (Å²) in [5.74, 6) is -0.374. The molecule has 4 heteroatoms. The summed E-state index contributed by atoms with van der Waals surface area (Å²) in [6.07, 6.45) is 4.01. The molecule has 0 aromatic carbocycles. The Labute approximate surface area is 115 Å². The summed E-state index contributed by atoms with van der Waals surface area (Å²) >= 11 is 0. The average molecular weight is 270 g/mol. The minimum Gasteiger partial charge on any atom is -0.460 e. The van der Waals surface area contributed by atoms with Crippen LogP contribution < -0.4 is 0 Å². The maximum Gasteiger partial charge on any atom is 0.310 e. The van der Waals surface area contributed by atoms with Crippen molar-refractivity contribution in [1.29, 1.82) is 0 Å². The Kier molecular flexibility index (Phi) is 3.94. The largest absolute Gasteiger partial charge is 0.460 e. The number of rotatable bonds is 2. The van der Waals surface area contributed by atoms with Crippen molar-refractivity contribution in [2.45, 2.75) is 71.2 Å². The first kappa shape index (κ1) is 14.8. The Bertz CT molecular complexity index is 345. The quantitative estimate of drug-likeness (QED) is 0.596.